The van der Waals surface area contributed by atoms with Gasteiger partial charge in [0.2, 0.25) is 0 Å². The van der Waals surface area contributed by atoms with E-state index in [9.17, 15) is 4.79 Å². The van der Waals surface area contributed by atoms with Crippen LogP contribution in [0.15, 0.2) is 30.3 Å². The van der Waals surface area contributed by atoms with E-state index in [0.717, 1.165) is 24.7 Å². The van der Waals surface area contributed by atoms with E-state index < -0.39 is 0 Å². The van der Waals surface area contributed by atoms with Crippen LogP contribution >= 0.6 is 0 Å². The molecule has 0 saturated heterocycles. The van der Waals surface area contributed by atoms with Crippen LogP contribution in [0.4, 0.5) is 0 Å². The molecule has 1 aromatic rings. The molecule has 1 fully saturated rings. The number of benzene rings is 1. The molecule has 2 nitrogen and oxygen atoms in total. The van der Waals surface area contributed by atoms with Gasteiger partial charge in [-0.1, -0.05) is 44.9 Å². The first kappa shape index (κ1) is 15.1. The molecular formula is C18H26O2. The Kier molecular flexibility index (Phi) is 5.63. The third-order valence-corrected chi connectivity index (χ3v) is 4.55. The van der Waals surface area contributed by atoms with Gasteiger partial charge in [0, 0.05) is 0 Å². The lowest BCUT2D eigenvalue weighted by Crippen LogP contribution is -2.27. The Morgan fingerprint density at radius 3 is 2.45 bits per heavy atom. The molecular weight excluding hydrogens is 248 g/mol. The largest absolute Gasteiger partial charge is 0.459 e. The summed E-state index contributed by atoms with van der Waals surface area (Å²) in [6.45, 7) is 4.62. The molecule has 1 unspecified atom stereocenters. The van der Waals surface area contributed by atoms with Gasteiger partial charge in [-0.3, -0.25) is 0 Å². The molecule has 0 N–H and O–H groups in total. The number of ether oxygens (including phenoxy) is 1. The van der Waals surface area contributed by atoms with E-state index in [0.29, 0.717) is 5.56 Å². The van der Waals surface area contributed by atoms with Gasteiger partial charge >= 0.3 is 5.97 Å². The highest BCUT2D eigenvalue weighted by Crippen LogP contribution is 2.33. The molecule has 110 valence electrons. The number of carbonyl (C=O) groups excluding carboxylic acids is 1. The summed E-state index contributed by atoms with van der Waals surface area (Å²) in [4.78, 5) is 12.0. The highest BCUT2D eigenvalue weighted by atomic mass is 16.5. The minimum absolute atomic E-state index is 0.118. The molecule has 1 aliphatic carbocycles. The fraction of sp³-hybridized carbons (Fsp3) is 0.611. The van der Waals surface area contributed by atoms with Crippen LogP contribution in [-0.2, 0) is 4.74 Å². The van der Waals surface area contributed by atoms with Gasteiger partial charge in [-0.25, -0.2) is 4.79 Å². The Morgan fingerprint density at radius 2 is 1.85 bits per heavy atom. The van der Waals surface area contributed by atoms with E-state index in [1.54, 1.807) is 0 Å². The van der Waals surface area contributed by atoms with Crippen molar-refractivity contribution in [1.82, 2.24) is 0 Å². The van der Waals surface area contributed by atoms with Crippen molar-refractivity contribution in [3.8, 4) is 0 Å². The van der Waals surface area contributed by atoms with E-state index in [-0.39, 0.29) is 12.1 Å². The summed E-state index contributed by atoms with van der Waals surface area (Å²) in [6, 6.07) is 9.30. The van der Waals surface area contributed by atoms with Crippen LogP contribution in [0.1, 0.15) is 62.7 Å². The van der Waals surface area contributed by atoms with Crippen molar-refractivity contribution in [3.05, 3.63) is 35.9 Å². The van der Waals surface area contributed by atoms with Gasteiger partial charge in [-0.05, 0) is 49.7 Å². The van der Waals surface area contributed by atoms with Crippen LogP contribution in [0.25, 0.3) is 0 Å². The lowest BCUT2D eigenvalue weighted by Gasteiger charge is -2.32. The summed E-state index contributed by atoms with van der Waals surface area (Å²) in [7, 11) is 0. The predicted octanol–water partition coefficient (Wildman–Crippen LogP) is 4.84. The van der Waals surface area contributed by atoms with Crippen molar-refractivity contribution in [2.45, 2.75) is 58.5 Å². The van der Waals surface area contributed by atoms with Crippen molar-refractivity contribution in [3.63, 3.8) is 0 Å². The van der Waals surface area contributed by atoms with Crippen LogP contribution in [-0.4, -0.2) is 12.1 Å². The molecule has 0 aliphatic heterocycles. The number of hydrogen-bond acceptors (Lipinski definition) is 2. The lowest BCUT2D eigenvalue weighted by atomic mass is 9.78. The van der Waals surface area contributed by atoms with Crippen molar-refractivity contribution in [2.24, 2.45) is 11.8 Å². The second kappa shape index (κ2) is 7.47. The van der Waals surface area contributed by atoms with Crippen LogP contribution in [0.3, 0.4) is 0 Å². The van der Waals surface area contributed by atoms with E-state index in [4.69, 9.17) is 4.74 Å². The van der Waals surface area contributed by atoms with Crippen LogP contribution in [0.2, 0.25) is 0 Å². The van der Waals surface area contributed by atoms with E-state index >= 15 is 0 Å². The zero-order valence-corrected chi connectivity index (χ0v) is 12.7. The standard InChI is InChI=1S/C18H26O2/c1-3-7-14(2)15-10-12-17(13-11-15)20-18(19)16-8-5-4-6-9-16/h4-6,8-9,14-15,17H,3,7,10-13H2,1-2H3. The molecule has 20 heavy (non-hydrogen) atoms. The smallest absolute Gasteiger partial charge is 0.338 e. The minimum atomic E-state index is -0.171. The third-order valence-electron chi connectivity index (χ3n) is 4.55. The highest BCUT2D eigenvalue weighted by Gasteiger charge is 2.27. The maximum absolute atomic E-state index is 12.0. The number of carbonyl (C=O) groups is 1. The topological polar surface area (TPSA) is 26.3 Å². The number of hydrogen-bond donors (Lipinski definition) is 0. The Bertz CT molecular complexity index is 405. The minimum Gasteiger partial charge on any atom is -0.459 e. The molecule has 1 atom stereocenters. The van der Waals surface area contributed by atoms with Crippen molar-refractivity contribution in [2.75, 3.05) is 0 Å². The van der Waals surface area contributed by atoms with Crippen molar-refractivity contribution < 1.29 is 9.53 Å². The maximum atomic E-state index is 12.0. The quantitative estimate of drug-likeness (QED) is 0.718. The van der Waals surface area contributed by atoms with Gasteiger partial charge in [0.25, 0.3) is 0 Å². The second-order valence-corrected chi connectivity index (χ2v) is 6.07. The van der Waals surface area contributed by atoms with Gasteiger partial charge in [0.1, 0.15) is 6.10 Å². The summed E-state index contributed by atoms with van der Waals surface area (Å²) in [5.41, 5.74) is 0.661. The number of rotatable bonds is 5. The zero-order chi connectivity index (χ0) is 14.4. The Balaban J connectivity index is 1.78. The Hall–Kier alpha value is -1.31. The van der Waals surface area contributed by atoms with Gasteiger partial charge in [-0.2, -0.15) is 0 Å². The normalized spacial score (nSPS) is 24.1. The van der Waals surface area contributed by atoms with E-state index in [1.807, 2.05) is 30.3 Å². The van der Waals surface area contributed by atoms with Gasteiger partial charge in [0.05, 0.1) is 5.56 Å². The van der Waals surface area contributed by atoms with Crippen LogP contribution in [0.5, 0.6) is 0 Å². The molecule has 1 aliphatic rings. The van der Waals surface area contributed by atoms with Gasteiger partial charge in [0.15, 0.2) is 0 Å². The molecule has 1 aromatic carbocycles. The molecule has 1 saturated carbocycles. The van der Waals surface area contributed by atoms with Crippen LogP contribution < -0.4 is 0 Å². The molecule has 0 aromatic heterocycles. The zero-order valence-electron chi connectivity index (χ0n) is 12.7. The summed E-state index contributed by atoms with van der Waals surface area (Å²) >= 11 is 0. The molecule has 2 heteroatoms. The monoisotopic (exact) mass is 274 g/mol. The first-order valence-corrected chi connectivity index (χ1v) is 7.96. The molecule has 0 amide bonds. The van der Waals surface area contributed by atoms with Gasteiger partial charge in [-0.15, -0.1) is 0 Å². The maximum Gasteiger partial charge on any atom is 0.338 e. The lowest BCUT2D eigenvalue weighted by molar-refractivity contribution is 0.0134. The first-order chi connectivity index (χ1) is 9.70. The Morgan fingerprint density at radius 1 is 1.20 bits per heavy atom. The predicted molar refractivity (Wildman–Crippen MR) is 81.7 cm³/mol. The summed E-state index contributed by atoms with van der Waals surface area (Å²) in [5, 5.41) is 0. The Labute approximate surface area is 122 Å². The van der Waals surface area contributed by atoms with Crippen molar-refractivity contribution in [1.29, 1.82) is 0 Å². The number of esters is 1. The van der Waals surface area contributed by atoms with E-state index in [2.05, 4.69) is 13.8 Å². The third kappa shape index (κ3) is 4.09. The summed E-state index contributed by atoms with van der Waals surface area (Å²) < 4.78 is 5.63. The average Bonchev–Trinajstić information content (AvgIpc) is 2.49. The van der Waals surface area contributed by atoms with Gasteiger partial charge < -0.3 is 4.74 Å². The van der Waals surface area contributed by atoms with E-state index in [1.165, 1.54) is 25.7 Å². The first-order valence-electron chi connectivity index (χ1n) is 7.96. The fourth-order valence-corrected chi connectivity index (χ4v) is 3.26. The highest BCUT2D eigenvalue weighted by molar-refractivity contribution is 5.89. The summed E-state index contributed by atoms with van der Waals surface area (Å²) in [6.07, 6.45) is 7.16. The fourth-order valence-electron chi connectivity index (χ4n) is 3.26. The SMILES string of the molecule is CCCC(C)C1CCC(OC(=O)c2ccccc2)CC1. The molecule has 0 heterocycles. The molecule has 2 rings (SSSR count). The molecule has 0 spiro atoms. The molecule has 0 bridgehead atoms. The second-order valence-electron chi connectivity index (χ2n) is 6.07. The molecule has 0 radical (unpaired) electrons. The summed E-state index contributed by atoms with van der Waals surface area (Å²) in [5.74, 6) is 1.46. The van der Waals surface area contributed by atoms with Crippen LogP contribution in [0, 0.1) is 11.8 Å². The average molecular weight is 274 g/mol. The van der Waals surface area contributed by atoms with Crippen molar-refractivity contribution >= 4 is 5.97 Å².